The van der Waals surface area contributed by atoms with E-state index in [2.05, 4.69) is 33.3 Å². The summed E-state index contributed by atoms with van der Waals surface area (Å²) in [5.41, 5.74) is 1.25. The van der Waals surface area contributed by atoms with Gasteiger partial charge in [0, 0.05) is 39.5 Å². The van der Waals surface area contributed by atoms with E-state index in [-0.39, 0.29) is 6.10 Å². The van der Waals surface area contributed by atoms with E-state index in [1.807, 2.05) is 49.5 Å². The molecule has 1 fully saturated rings. The fourth-order valence-electron chi connectivity index (χ4n) is 3.41. The molecular formula is C24H29N3O2. The van der Waals surface area contributed by atoms with E-state index in [1.54, 1.807) is 0 Å². The first kappa shape index (κ1) is 20.6. The van der Waals surface area contributed by atoms with Crippen molar-refractivity contribution in [2.45, 2.75) is 25.4 Å². The summed E-state index contributed by atoms with van der Waals surface area (Å²) in [7, 11) is 1.84. The number of nitrogens with zero attached hydrogens (tertiary/aromatic N) is 2. The average molecular weight is 392 g/mol. The number of hydrogen-bond acceptors (Lipinski definition) is 3. The Morgan fingerprint density at radius 3 is 2.48 bits per heavy atom. The zero-order valence-corrected chi connectivity index (χ0v) is 17.0. The van der Waals surface area contributed by atoms with Crippen molar-refractivity contribution in [3.05, 3.63) is 60.2 Å². The molecule has 1 saturated heterocycles. The topological polar surface area (TPSA) is 46.1 Å². The molecule has 0 unspecified atom stereocenters. The van der Waals surface area contributed by atoms with Gasteiger partial charge in [-0.1, -0.05) is 36.3 Å². The Balaban J connectivity index is 1.40. The predicted molar refractivity (Wildman–Crippen MR) is 118 cm³/mol. The Kier molecular flexibility index (Phi) is 7.82. The molecule has 0 atom stereocenters. The van der Waals surface area contributed by atoms with Gasteiger partial charge >= 0.3 is 0 Å². The number of rotatable bonds is 7. The number of guanidine groups is 1. The van der Waals surface area contributed by atoms with Crippen LogP contribution in [0, 0.1) is 12.3 Å². The molecule has 152 valence electrons. The molecule has 0 spiro atoms. The molecule has 0 amide bonds. The number of aliphatic imine (C=N–C) groups is 1. The highest BCUT2D eigenvalue weighted by atomic mass is 16.5. The quantitative estimate of drug-likeness (QED) is 0.447. The van der Waals surface area contributed by atoms with Crippen LogP contribution in [0.2, 0.25) is 0 Å². The van der Waals surface area contributed by atoms with E-state index < -0.39 is 0 Å². The van der Waals surface area contributed by atoms with Crippen LogP contribution >= 0.6 is 0 Å². The minimum atomic E-state index is 0.266. The largest absolute Gasteiger partial charge is 0.490 e. The minimum Gasteiger partial charge on any atom is -0.490 e. The smallest absolute Gasteiger partial charge is 0.193 e. The van der Waals surface area contributed by atoms with Gasteiger partial charge < -0.3 is 19.7 Å². The fraction of sp³-hybridized carbons (Fsp3) is 0.375. The summed E-state index contributed by atoms with van der Waals surface area (Å²) in [6.07, 6.45) is 8.39. The molecule has 0 saturated carbocycles. The standard InChI is InChI=1S/C24H29N3O2/c1-3-19-28-21-11-9-20(10-12-21)13-16-26-24(25-2)27-17-14-23(15-18-27)29-22-7-5-4-6-8-22/h1,4-12,23H,13-19H2,2H3,(H,25,26). The van der Waals surface area contributed by atoms with Gasteiger partial charge in [0.2, 0.25) is 0 Å². The fourth-order valence-corrected chi connectivity index (χ4v) is 3.41. The van der Waals surface area contributed by atoms with Crippen LogP contribution in [-0.4, -0.2) is 50.3 Å². The van der Waals surface area contributed by atoms with Crippen molar-refractivity contribution < 1.29 is 9.47 Å². The number of likely N-dealkylation sites (tertiary alicyclic amines) is 1. The van der Waals surface area contributed by atoms with Gasteiger partial charge in [0.25, 0.3) is 0 Å². The maximum Gasteiger partial charge on any atom is 0.193 e. The van der Waals surface area contributed by atoms with Crippen LogP contribution in [0.3, 0.4) is 0 Å². The molecule has 0 radical (unpaired) electrons. The molecule has 5 nitrogen and oxygen atoms in total. The first-order valence-corrected chi connectivity index (χ1v) is 10.1. The molecule has 1 aliphatic rings. The third kappa shape index (κ3) is 6.46. The van der Waals surface area contributed by atoms with Gasteiger partial charge in [-0.3, -0.25) is 4.99 Å². The molecule has 0 aliphatic carbocycles. The molecule has 2 aromatic carbocycles. The van der Waals surface area contributed by atoms with E-state index in [4.69, 9.17) is 15.9 Å². The van der Waals surface area contributed by atoms with Gasteiger partial charge in [-0.2, -0.15) is 0 Å². The molecule has 0 aromatic heterocycles. The second kappa shape index (κ2) is 11.0. The number of hydrogen-bond donors (Lipinski definition) is 1. The molecular weight excluding hydrogens is 362 g/mol. The van der Waals surface area contributed by atoms with Crippen molar-refractivity contribution in [2.75, 3.05) is 33.3 Å². The molecule has 1 N–H and O–H groups in total. The maximum absolute atomic E-state index is 6.08. The van der Waals surface area contributed by atoms with Crippen molar-refractivity contribution in [2.24, 2.45) is 4.99 Å². The lowest BCUT2D eigenvalue weighted by Crippen LogP contribution is -2.47. The van der Waals surface area contributed by atoms with Crippen molar-refractivity contribution in [3.8, 4) is 23.8 Å². The third-order valence-electron chi connectivity index (χ3n) is 4.94. The lowest BCUT2D eigenvalue weighted by Gasteiger charge is -2.34. The third-order valence-corrected chi connectivity index (χ3v) is 4.94. The number of terminal acetylenes is 1. The Morgan fingerprint density at radius 1 is 1.10 bits per heavy atom. The molecule has 5 heteroatoms. The number of para-hydroxylation sites is 1. The normalized spacial score (nSPS) is 14.9. The van der Waals surface area contributed by atoms with Gasteiger partial charge in [0.05, 0.1) is 0 Å². The number of ether oxygens (including phenoxy) is 2. The van der Waals surface area contributed by atoms with Crippen molar-refractivity contribution in [1.29, 1.82) is 0 Å². The SMILES string of the molecule is C#CCOc1ccc(CCNC(=NC)N2CCC(Oc3ccccc3)CC2)cc1. The summed E-state index contributed by atoms with van der Waals surface area (Å²) in [4.78, 5) is 6.76. The van der Waals surface area contributed by atoms with E-state index in [9.17, 15) is 0 Å². The van der Waals surface area contributed by atoms with Gasteiger partial charge in [-0.25, -0.2) is 0 Å². The molecule has 1 heterocycles. The number of nitrogens with one attached hydrogen (secondary N) is 1. The van der Waals surface area contributed by atoms with Gasteiger partial charge in [-0.05, 0) is 36.2 Å². The maximum atomic E-state index is 6.08. The molecule has 2 aromatic rings. The van der Waals surface area contributed by atoms with Crippen LogP contribution in [0.1, 0.15) is 18.4 Å². The van der Waals surface area contributed by atoms with Crippen LogP contribution in [0.4, 0.5) is 0 Å². The van der Waals surface area contributed by atoms with E-state index in [1.165, 1.54) is 5.56 Å². The monoisotopic (exact) mass is 391 g/mol. The summed E-state index contributed by atoms with van der Waals surface area (Å²) in [6.45, 7) is 3.01. The second-order valence-electron chi connectivity index (χ2n) is 6.98. The molecule has 1 aliphatic heterocycles. The van der Waals surface area contributed by atoms with Crippen LogP contribution in [0.5, 0.6) is 11.5 Å². The molecule has 29 heavy (non-hydrogen) atoms. The Morgan fingerprint density at radius 2 is 1.83 bits per heavy atom. The molecule has 3 rings (SSSR count). The van der Waals surface area contributed by atoms with Crippen LogP contribution in [0.25, 0.3) is 0 Å². The molecule has 0 bridgehead atoms. The van der Waals surface area contributed by atoms with Crippen LogP contribution in [-0.2, 0) is 6.42 Å². The lowest BCUT2D eigenvalue weighted by atomic mass is 10.1. The van der Waals surface area contributed by atoms with E-state index in [0.29, 0.717) is 6.61 Å². The Bertz CT molecular complexity index is 804. The number of benzene rings is 2. The highest BCUT2D eigenvalue weighted by molar-refractivity contribution is 5.80. The summed E-state index contributed by atoms with van der Waals surface area (Å²) in [5, 5.41) is 3.48. The zero-order chi connectivity index (χ0) is 20.3. The summed E-state index contributed by atoms with van der Waals surface area (Å²) >= 11 is 0. The Labute approximate surface area is 173 Å². The summed E-state index contributed by atoms with van der Waals surface area (Å²) in [6, 6.07) is 18.1. The van der Waals surface area contributed by atoms with Crippen molar-refractivity contribution in [1.82, 2.24) is 10.2 Å². The van der Waals surface area contributed by atoms with Crippen LogP contribution in [0.15, 0.2) is 59.6 Å². The second-order valence-corrected chi connectivity index (χ2v) is 6.98. The van der Waals surface area contributed by atoms with Gasteiger partial charge in [0.15, 0.2) is 5.96 Å². The van der Waals surface area contributed by atoms with Crippen molar-refractivity contribution >= 4 is 5.96 Å². The van der Waals surface area contributed by atoms with Gasteiger partial charge in [-0.15, -0.1) is 6.42 Å². The summed E-state index contributed by atoms with van der Waals surface area (Å²) < 4.78 is 11.5. The average Bonchev–Trinajstić information content (AvgIpc) is 2.77. The first-order valence-electron chi connectivity index (χ1n) is 10.1. The minimum absolute atomic E-state index is 0.266. The predicted octanol–water partition coefficient (Wildman–Crippen LogP) is 3.36. The number of piperidine rings is 1. The highest BCUT2D eigenvalue weighted by Crippen LogP contribution is 2.18. The van der Waals surface area contributed by atoms with Crippen LogP contribution < -0.4 is 14.8 Å². The van der Waals surface area contributed by atoms with E-state index in [0.717, 1.165) is 56.4 Å². The zero-order valence-electron chi connectivity index (χ0n) is 17.0. The Hall–Kier alpha value is -3.13. The van der Waals surface area contributed by atoms with Gasteiger partial charge in [0.1, 0.15) is 24.2 Å². The summed E-state index contributed by atoms with van der Waals surface area (Å²) in [5.74, 6) is 5.18. The highest BCUT2D eigenvalue weighted by Gasteiger charge is 2.22. The first-order chi connectivity index (χ1) is 14.3. The lowest BCUT2D eigenvalue weighted by molar-refractivity contribution is 0.129. The van der Waals surface area contributed by atoms with Crippen molar-refractivity contribution in [3.63, 3.8) is 0 Å². The van der Waals surface area contributed by atoms with E-state index >= 15 is 0 Å².